The van der Waals surface area contributed by atoms with E-state index >= 15 is 0 Å². The lowest BCUT2D eigenvalue weighted by molar-refractivity contribution is -0.154. The van der Waals surface area contributed by atoms with Crippen molar-refractivity contribution >= 4 is 17.8 Å². The van der Waals surface area contributed by atoms with E-state index in [0.29, 0.717) is 10.6 Å². The molecule has 0 radical (unpaired) electrons. The summed E-state index contributed by atoms with van der Waals surface area (Å²) in [5, 5.41) is -0.207. The average Bonchev–Trinajstić information content (AvgIpc) is 2.91. The van der Waals surface area contributed by atoms with Crippen molar-refractivity contribution in [3.8, 4) is 11.5 Å². The van der Waals surface area contributed by atoms with Crippen LogP contribution < -0.4 is 10.8 Å². The van der Waals surface area contributed by atoms with E-state index < -0.39 is 31.4 Å². The van der Waals surface area contributed by atoms with Gasteiger partial charge in [-0.15, -0.1) is 11.8 Å². The molecule has 1 atom stereocenters. The van der Waals surface area contributed by atoms with Gasteiger partial charge in [-0.1, -0.05) is 6.92 Å². The van der Waals surface area contributed by atoms with Crippen LogP contribution in [0.1, 0.15) is 6.92 Å². The minimum Gasteiger partial charge on any atom is -0.298 e. The Morgan fingerprint density at radius 1 is 1.22 bits per heavy atom. The maximum atomic E-state index is 13.1. The first-order valence-corrected chi connectivity index (χ1v) is 8.93. The maximum Gasteiger partial charge on any atom is 0.406 e. The molecule has 0 N–H and O–H groups in total. The summed E-state index contributed by atoms with van der Waals surface area (Å²) in [5.41, 5.74) is -0.0175. The molecule has 3 heterocycles. The highest BCUT2D eigenvalue weighted by Crippen LogP contribution is 2.30. The van der Waals surface area contributed by atoms with Crippen LogP contribution in [0.2, 0.25) is 0 Å². The molecule has 0 fully saturated rings. The van der Waals surface area contributed by atoms with E-state index in [-0.39, 0.29) is 22.4 Å². The zero-order valence-corrected chi connectivity index (χ0v) is 14.8. The number of aromatic nitrogens is 3. The Balaban J connectivity index is 2.23. The summed E-state index contributed by atoms with van der Waals surface area (Å²) in [5.74, 6) is -1.37. The molecular weight excluding hydrogens is 394 g/mol. The van der Waals surface area contributed by atoms with Crippen molar-refractivity contribution < 1.29 is 26.3 Å². The Labute approximate surface area is 154 Å². The largest absolute Gasteiger partial charge is 0.406 e. The highest BCUT2D eigenvalue weighted by molar-refractivity contribution is 7.99. The third-order valence-corrected chi connectivity index (χ3v) is 4.73. The topological polar surface area (TPSA) is 43.1 Å². The van der Waals surface area contributed by atoms with Gasteiger partial charge in [0.15, 0.2) is 11.3 Å². The molecule has 0 spiro atoms. The third kappa shape index (κ3) is 4.28. The van der Waals surface area contributed by atoms with Crippen LogP contribution in [-0.2, 0) is 6.54 Å². The third-order valence-electron chi connectivity index (χ3n) is 3.80. The molecule has 4 nitrogen and oxygen atoms in total. The monoisotopic (exact) mass is 408 g/mol. The first kappa shape index (κ1) is 19.7. The molecule has 0 saturated heterocycles. The summed E-state index contributed by atoms with van der Waals surface area (Å²) in [4.78, 5) is 12.5. The van der Waals surface area contributed by atoms with Crippen LogP contribution in [0.5, 0.6) is 0 Å². The fourth-order valence-corrected chi connectivity index (χ4v) is 3.47. The molecule has 3 rings (SSSR count). The molecule has 11 heteroatoms. The number of hydrogen-bond donors (Lipinski definition) is 0. The maximum absolute atomic E-state index is 13.1. The first-order valence-electron chi connectivity index (χ1n) is 7.94. The van der Waals surface area contributed by atoms with Crippen molar-refractivity contribution in [2.45, 2.75) is 30.7 Å². The van der Waals surface area contributed by atoms with Crippen LogP contribution in [0.15, 0.2) is 28.2 Å². The van der Waals surface area contributed by atoms with Gasteiger partial charge in [-0.3, -0.25) is 14.5 Å². The lowest BCUT2D eigenvalue weighted by atomic mass is 10.1. The normalized spacial score (nSPS) is 17.2. The molecule has 1 aliphatic rings. The van der Waals surface area contributed by atoms with Gasteiger partial charge >= 0.3 is 12.4 Å². The van der Waals surface area contributed by atoms with Crippen molar-refractivity contribution in [2.75, 3.05) is 12.3 Å². The van der Waals surface area contributed by atoms with E-state index in [0.717, 1.165) is 10.6 Å². The van der Waals surface area contributed by atoms with Crippen LogP contribution in [0, 0.1) is 5.92 Å². The highest BCUT2D eigenvalue weighted by atomic mass is 32.2. The highest BCUT2D eigenvalue weighted by Gasteiger charge is 2.40. The summed E-state index contributed by atoms with van der Waals surface area (Å²) in [6.45, 7) is -0.213. The Morgan fingerprint density at radius 2 is 1.96 bits per heavy atom. The molecule has 0 aliphatic carbocycles. The summed E-state index contributed by atoms with van der Waals surface area (Å²) >= 11 is 1.36. The average molecular weight is 408 g/mol. The summed E-state index contributed by atoms with van der Waals surface area (Å²) in [6.07, 6.45) is -6.90. The van der Waals surface area contributed by atoms with Crippen LogP contribution in [-0.4, -0.2) is 39.2 Å². The zero-order valence-electron chi connectivity index (χ0n) is 14.0. The van der Waals surface area contributed by atoms with Crippen molar-refractivity contribution in [3.63, 3.8) is 0 Å². The van der Waals surface area contributed by atoms with Gasteiger partial charge in [0, 0.05) is 11.1 Å². The predicted molar refractivity (Wildman–Crippen MR) is 87.6 cm³/mol. The minimum absolute atomic E-state index is 0.142. The smallest absolute Gasteiger partial charge is 0.298 e. The van der Waals surface area contributed by atoms with Crippen molar-refractivity contribution in [2.24, 2.45) is 10.9 Å². The number of rotatable bonds is 4. The lowest BCUT2D eigenvalue weighted by Gasteiger charge is -2.16. The van der Waals surface area contributed by atoms with Gasteiger partial charge in [0.25, 0.3) is 0 Å². The van der Waals surface area contributed by atoms with Gasteiger partial charge in [-0.25, -0.2) is 4.98 Å². The fraction of sp³-hybridized carbons (Fsp3) is 0.438. The number of thioether (sulfide) groups is 1. The second-order valence-corrected chi connectivity index (χ2v) is 7.09. The van der Waals surface area contributed by atoms with E-state index in [1.807, 2.05) is 6.92 Å². The van der Waals surface area contributed by atoms with E-state index in [4.69, 9.17) is 0 Å². The predicted octanol–water partition coefficient (Wildman–Crippen LogP) is 3.21. The number of fused-ring (bicyclic) bond motifs is 1. The lowest BCUT2D eigenvalue weighted by Crippen LogP contribution is -2.40. The summed E-state index contributed by atoms with van der Waals surface area (Å²) < 4.78 is 79.0. The van der Waals surface area contributed by atoms with Crippen molar-refractivity contribution in [1.82, 2.24) is 14.5 Å². The number of hydrogen-bond acceptors (Lipinski definition) is 4. The van der Waals surface area contributed by atoms with E-state index in [1.54, 1.807) is 12.1 Å². The molecule has 27 heavy (non-hydrogen) atoms. The molecule has 0 saturated carbocycles. The number of halogens is 6. The fourth-order valence-electron chi connectivity index (χ4n) is 2.71. The van der Waals surface area contributed by atoms with Crippen molar-refractivity contribution in [3.05, 3.63) is 29.2 Å². The second-order valence-electron chi connectivity index (χ2n) is 5.78. The number of pyridine rings is 1. The molecular formula is C16H14F6N4S. The standard InChI is InChI=1S/C16H14F6N4S/c1-2-27-11-4-3-5-23-12(11)14-25-10-6-9(16(20,21)22)7-24-13(10)26(14)8-15(17,18)19/h3-6,9H,2,7-8H2,1H3. The summed E-state index contributed by atoms with van der Waals surface area (Å²) in [7, 11) is 0. The SMILES string of the molecule is CCSc1cccnc1-c1nc2c(n1CC(F)(F)F)=NCC(C(F)(F)F)C=2. The van der Waals surface area contributed by atoms with Gasteiger partial charge in [0.2, 0.25) is 0 Å². The minimum atomic E-state index is -4.59. The molecule has 1 aliphatic heterocycles. The number of alkyl halides is 6. The van der Waals surface area contributed by atoms with Gasteiger partial charge in [0.1, 0.15) is 17.6 Å². The molecule has 2 aromatic rings. The van der Waals surface area contributed by atoms with Crippen molar-refractivity contribution in [1.29, 1.82) is 0 Å². The van der Waals surface area contributed by atoms with Crippen LogP contribution in [0.25, 0.3) is 17.6 Å². The van der Waals surface area contributed by atoms with Gasteiger partial charge in [-0.05, 0) is 24.0 Å². The summed E-state index contributed by atoms with van der Waals surface area (Å²) in [6, 6.07) is 3.32. The Hall–Kier alpha value is -2.04. The van der Waals surface area contributed by atoms with Gasteiger partial charge < -0.3 is 0 Å². The van der Waals surface area contributed by atoms with Gasteiger partial charge in [0.05, 0.1) is 12.5 Å². The number of imidazole rings is 1. The second kappa shape index (κ2) is 7.17. The van der Waals surface area contributed by atoms with Gasteiger partial charge in [-0.2, -0.15) is 26.3 Å². The Morgan fingerprint density at radius 3 is 2.59 bits per heavy atom. The molecule has 1 unspecified atom stereocenters. The van der Waals surface area contributed by atoms with Crippen LogP contribution in [0.3, 0.4) is 0 Å². The zero-order chi connectivity index (χ0) is 19.8. The first-order chi connectivity index (χ1) is 12.6. The molecule has 0 bridgehead atoms. The van der Waals surface area contributed by atoms with Crippen LogP contribution >= 0.6 is 11.8 Å². The Bertz CT molecular complexity index is 947. The van der Waals surface area contributed by atoms with E-state index in [1.165, 1.54) is 18.0 Å². The van der Waals surface area contributed by atoms with E-state index in [9.17, 15) is 26.3 Å². The van der Waals surface area contributed by atoms with E-state index in [2.05, 4.69) is 15.0 Å². The Kier molecular flexibility index (Phi) is 5.24. The molecule has 0 amide bonds. The molecule has 2 aromatic heterocycles. The van der Waals surface area contributed by atoms with Crippen LogP contribution in [0.4, 0.5) is 26.3 Å². The quantitative estimate of drug-likeness (QED) is 0.577. The number of nitrogens with zero attached hydrogens (tertiary/aromatic N) is 4. The molecule has 0 aromatic carbocycles. The molecule has 146 valence electrons.